The van der Waals surface area contributed by atoms with Gasteiger partial charge in [0.2, 0.25) is 11.8 Å². The molecular formula is C12H19N3O2. The minimum atomic E-state index is -0.313. The zero-order valence-corrected chi connectivity index (χ0v) is 10.1. The molecule has 1 aliphatic rings. The topological polar surface area (TPSA) is 67.3 Å². The standard InChI is InChI=1S/C12H19N3O2/c1-17-11-7-8-13-12(15-11)14-9-5-3-2-4-6-10(9)16/h7-10,16H,2-6H2,1H3,(H,13,14,15). The van der Waals surface area contributed by atoms with Crippen LogP contribution >= 0.6 is 0 Å². The molecule has 17 heavy (non-hydrogen) atoms. The first kappa shape index (κ1) is 12.1. The minimum absolute atomic E-state index is 0.0459. The maximum atomic E-state index is 9.99. The Morgan fingerprint density at radius 2 is 2.18 bits per heavy atom. The summed E-state index contributed by atoms with van der Waals surface area (Å²) in [5.41, 5.74) is 0. The molecule has 5 nitrogen and oxygen atoms in total. The number of methoxy groups -OCH3 is 1. The zero-order valence-electron chi connectivity index (χ0n) is 10.1. The Labute approximate surface area is 101 Å². The largest absolute Gasteiger partial charge is 0.481 e. The van der Waals surface area contributed by atoms with Gasteiger partial charge in [-0.25, -0.2) is 4.98 Å². The molecule has 0 amide bonds. The van der Waals surface area contributed by atoms with Gasteiger partial charge in [0.15, 0.2) is 0 Å². The summed E-state index contributed by atoms with van der Waals surface area (Å²) in [5.74, 6) is 1.06. The van der Waals surface area contributed by atoms with E-state index < -0.39 is 0 Å². The highest BCUT2D eigenvalue weighted by molar-refractivity contribution is 5.29. The van der Waals surface area contributed by atoms with Crippen molar-refractivity contribution in [2.75, 3.05) is 12.4 Å². The second-order valence-electron chi connectivity index (χ2n) is 4.38. The first-order valence-electron chi connectivity index (χ1n) is 6.11. The fourth-order valence-electron chi connectivity index (χ4n) is 2.15. The van der Waals surface area contributed by atoms with E-state index in [4.69, 9.17) is 4.74 Å². The monoisotopic (exact) mass is 237 g/mol. The van der Waals surface area contributed by atoms with E-state index in [1.165, 1.54) is 6.42 Å². The van der Waals surface area contributed by atoms with Crippen LogP contribution in [-0.4, -0.2) is 34.3 Å². The molecule has 2 atom stereocenters. The number of nitrogens with one attached hydrogen (secondary N) is 1. The van der Waals surface area contributed by atoms with Crippen LogP contribution in [0.15, 0.2) is 12.3 Å². The molecule has 1 fully saturated rings. The SMILES string of the molecule is COc1ccnc(NC2CCCCCC2O)n1. The summed E-state index contributed by atoms with van der Waals surface area (Å²) >= 11 is 0. The van der Waals surface area contributed by atoms with Crippen molar-refractivity contribution < 1.29 is 9.84 Å². The molecule has 1 heterocycles. The Morgan fingerprint density at radius 1 is 1.35 bits per heavy atom. The molecule has 5 heteroatoms. The number of aliphatic hydroxyl groups is 1. The van der Waals surface area contributed by atoms with Crippen molar-refractivity contribution >= 4 is 5.95 Å². The number of nitrogens with zero attached hydrogens (tertiary/aromatic N) is 2. The van der Waals surface area contributed by atoms with Gasteiger partial charge in [-0.15, -0.1) is 0 Å². The van der Waals surface area contributed by atoms with E-state index >= 15 is 0 Å². The molecule has 0 spiro atoms. The summed E-state index contributed by atoms with van der Waals surface area (Å²) in [6.07, 6.45) is 6.57. The van der Waals surface area contributed by atoms with Crippen molar-refractivity contribution in [3.63, 3.8) is 0 Å². The smallest absolute Gasteiger partial charge is 0.226 e. The van der Waals surface area contributed by atoms with Gasteiger partial charge in [0, 0.05) is 12.3 Å². The van der Waals surface area contributed by atoms with Gasteiger partial charge < -0.3 is 15.2 Å². The third-order valence-electron chi connectivity index (χ3n) is 3.13. The van der Waals surface area contributed by atoms with Crippen LogP contribution in [-0.2, 0) is 0 Å². The predicted molar refractivity (Wildman–Crippen MR) is 65.1 cm³/mol. The molecule has 2 unspecified atom stereocenters. The second kappa shape index (κ2) is 5.82. The number of aliphatic hydroxyl groups excluding tert-OH is 1. The maximum absolute atomic E-state index is 9.99. The Bertz CT molecular complexity index is 359. The van der Waals surface area contributed by atoms with Crippen LogP contribution in [0.1, 0.15) is 32.1 Å². The fourth-order valence-corrected chi connectivity index (χ4v) is 2.15. The molecule has 2 rings (SSSR count). The van der Waals surface area contributed by atoms with Crippen LogP contribution in [0.3, 0.4) is 0 Å². The summed E-state index contributed by atoms with van der Waals surface area (Å²) in [6, 6.07) is 1.75. The van der Waals surface area contributed by atoms with Gasteiger partial charge in [0.25, 0.3) is 0 Å². The van der Waals surface area contributed by atoms with E-state index in [0.717, 1.165) is 25.7 Å². The Hall–Kier alpha value is -1.36. The van der Waals surface area contributed by atoms with Gasteiger partial charge in [0.05, 0.1) is 19.3 Å². The highest BCUT2D eigenvalue weighted by Crippen LogP contribution is 2.20. The molecule has 0 radical (unpaired) electrons. The van der Waals surface area contributed by atoms with Gasteiger partial charge >= 0.3 is 0 Å². The highest BCUT2D eigenvalue weighted by Gasteiger charge is 2.22. The first-order valence-corrected chi connectivity index (χ1v) is 6.11. The average molecular weight is 237 g/mol. The molecule has 94 valence electrons. The minimum Gasteiger partial charge on any atom is -0.481 e. The van der Waals surface area contributed by atoms with E-state index in [1.807, 2.05) is 0 Å². The van der Waals surface area contributed by atoms with Crippen LogP contribution in [0.2, 0.25) is 0 Å². The fraction of sp³-hybridized carbons (Fsp3) is 0.667. The molecule has 1 aromatic heterocycles. The molecule has 0 bridgehead atoms. The molecule has 1 aliphatic carbocycles. The van der Waals surface area contributed by atoms with Crippen LogP contribution in [0.4, 0.5) is 5.95 Å². The molecular weight excluding hydrogens is 218 g/mol. The summed E-state index contributed by atoms with van der Waals surface area (Å²) in [4.78, 5) is 8.33. The molecule has 0 aliphatic heterocycles. The van der Waals surface area contributed by atoms with Crippen molar-refractivity contribution in [1.82, 2.24) is 9.97 Å². The van der Waals surface area contributed by atoms with E-state index in [9.17, 15) is 5.11 Å². The molecule has 1 aromatic rings. The summed E-state index contributed by atoms with van der Waals surface area (Å²) in [6.45, 7) is 0. The number of ether oxygens (including phenoxy) is 1. The summed E-state index contributed by atoms with van der Waals surface area (Å²) in [5, 5.41) is 13.2. The summed E-state index contributed by atoms with van der Waals surface area (Å²) in [7, 11) is 1.58. The van der Waals surface area contributed by atoms with E-state index in [-0.39, 0.29) is 12.1 Å². The number of aromatic nitrogens is 2. The predicted octanol–water partition coefficient (Wildman–Crippen LogP) is 1.59. The summed E-state index contributed by atoms with van der Waals surface area (Å²) < 4.78 is 5.04. The van der Waals surface area contributed by atoms with Crippen molar-refractivity contribution in [2.45, 2.75) is 44.2 Å². The number of hydrogen-bond acceptors (Lipinski definition) is 5. The van der Waals surface area contributed by atoms with E-state index in [0.29, 0.717) is 11.8 Å². The van der Waals surface area contributed by atoms with Gasteiger partial charge in [0.1, 0.15) is 0 Å². The lowest BCUT2D eigenvalue weighted by Crippen LogP contribution is -2.33. The molecule has 0 saturated heterocycles. The van der Waals surface area contributed by atoms with Crippen molar-refractivity contribution in [2.24, 2.45) is 0 Å². The molecule has 1 saturated carbocycles. The number of rotatable bonds is 3. The van der Waals surface area contributed by atoms with Gasteiger partial charge in [-0.2, -0.15) is 4.98 Å². The van der Waals surface area contributed by atoms with E-state index in [2.05, 4.69) is 15.3 Å². The van der Waals surface area contributed by atoms with Gasteiger partial charge in [-0.3, -0.25) is 0 Å². The maximum Gasteiger partial charge on any atom is 0.226 e. The van der Waals surface area contributed by atoms with Gasteiger partial charge in [-0.1, -0.05) is 19.3 Å². The Balaban J connectivity index is 2.02. The van der Waals surface area contributed by atoms with Crippen LogP contribution in [0.5, 0.6) is 5.88 Å². The Kier molecular flexibility index (Phi) is 4.14. The second-order valence-corrected chi connectivity index (χ2v) is 4.38. The van der Waals surface area contributed by atoms with Crippen LogP contribution in [0.25, 0.3) is 0 Å². The molecule has 0 aromatic carbocycles. The van der Waals surface area contributed by atoms with Gasteiger partial charge in [-0.05, 0) is 12.8 Å². The van der Waals surface area contributed by atoms with Crippen molar-refractivity contribution in [1.29, 1.82) is 0 Å². The number of anilines is 1. The van der Waals surface area contributed by atoms with Crippen LogP contribution in [0, 0.1) is 0 Å². The first-order chi connectivity index (χ1) is 8.29. The lowest BCUT2D eigenvalue weighted by Gasteiger charge is -2.21. The Morgan fingerprint density at radius 3 is 3.00 bits per heavy atom. The van der Waals surface area contributed by atoms with Crippen molar-refractivity contribution in [3.05, 3.63) is 12.3 Å². The van der Waals surface area contributed by atoms with Crippen LogP contribution < -0.4 is 10.1 Å². The number of hydrogen-bond donors (Lipinski definition) is 2. The third kappa shape index (κ3) is 3.30. The zero-order chi connectivity index (χ0) is 12.1. The normalized spacial score (nSPS) is 25.1. The van der Waals surface area contributed by atoms with E-state index in [1.54, 1.807) is 19.4 Å². The average Bonchev–Trinajstić information content (AvgIpc) is 2.55. The molecule has 2 N–H and O–H groups in total. The lowest BCUT2D eigenvalue weighted by atomic mass is 10.1. The highest BCUT2D eigenvalue weighted by atomic mass is 16.5. The quantitative estimate of drug-likeness (QED) is 0.781. The third-order valence-corrected chi connectivity index (χ3v) is 3.13. The lowest BCUT2D eigenvalue weighted by molar-refractivity contribution is 0.144. The van der Waals surface area contributed by atoms with Crippen molar-refractivity contribution in [3.8, 4) is 5.88 Å².